The number of nitrogens with zero attached hydrogens (tertiary/aromatic N) is 3. The van der Waals surface area contributed by atoms with Crippen LogP contribution in [0.3, 0.4) is 0 Å². The van der Waals surface area contributed by atoms with Gasteiger partial charge < -0.3 is 25.0 Å². The second-order valence-electron chi connectivity index (χ2n) is 11.9. The number of carbonyl (C=O) groups is 3. The molecule has 2 aromatic rings. The molecule has 43 heavy (non-hydrogen) atoms. The molecule has 1 aliphatic carbocycles. The molecular weight excluding hydrogens is 566 g/mol. The number of hydrogen-bond acceptors (Lipinski definition) is 9. The molecular formula is C32H45N5O5S. The van der Waals surface area contributed by atoms with Crippen LogP contribution < -0.4 is 15.4 Å². The van der Waals surface area contributed by atoms with Crippen LogP contribution in [0.5, 0.6) is 5.75 Å². The van der Waals surface area contributed by atoms with Crippen LogP contribution in [0.1, 0.15) is 79.5 Å². The highest BCUT2D eigenvalue weighted by Crippen LogP contribution is 2.37. The number of para-hydroxylation sites is 1. The third kappa shape index (κ3) is 6.95. The van der Waals surface area contributed by atoms with E-state index in [1.165, 1.54) is 11.3 Å². The van der Waals surface area contributed by atoms with E-state index in [0.29, 0.717) is 36.7 Å². The van der Waals surface area contributed by atoms with Crippen LogP contribution in [0.15, 0.2) is 29.6 Å². The summed E-state index contributed by atoms with van der Waals surface area (Å²) >= 11 is 1.41. The number of benzene rings is 1. The summed E-state index contributed by atoms with van der Waals surface area (Å²) < 4.78 is 11.4. The maximum atomic E-state index is 14.6. The van der Waals surface area contributed by atoms with Crippen LogP contribution >= 0.6 is 11.3 Å². The second-order valence-corrected chi connectivity index (χ2v) is 12.8. The zero-order valence-corrected chi connectivity index (χ0v) is 26.5. The Bertz CT molecular complexity index is 1280. The lowest BCUT2D eigenvalue weighted by Crippen LogP contribution is -2.61. The van der Waals surface area contributed by atoms with Crippen molar-refractivity contribution in [3.05, 3.63) is 45.9 Å². The SMILES string of the molecule is CCO[C@@H]1C[C@@H]2CN(C(=O)[C@@H](NC(=O)[C@H](C)NC)C3CCCCC3)[C@H](c3nc(C(=O)c4ccccc4OC)cs3)CN2C1. The summed E-state index contributed by atoms with van der Waals surface area (Å²) in [6, 6.07) is 5.97. The maximum absolute atomic E-state index is 14.6. The molecule has 1 aromatic heterocycles. The van der Waals surface area contributed by atoms with Gasteiger partial charge in [0.2, 0.25) is 17.6 Å². The molecule has 3 fully saturated rings. The summed E-state index contributed by atoms with van der Waals surface area (Å²) in [6.45, 7) is 6.41. The van der Waals surface area contributed by atoms with E-state index < -0.39 is 12.1 Å². The number of hydrogen-bond donors (Lipinski definition) is 2. The molecule has 10 nitrogen and oxygen atoms in total. The van der Waals surface area contributed by atoms with Gasteiger partial charge in [-0.1, -0.05) is 31.4 Å². The van der Waals surface area contributed by atoms with Crippen LogP contribution in [0.4, 0.5) is 0 Å². The molecule has 3 aliphatic rings. The van der Waals surface area contributed by atoms with E-state index in [0.717, 1.165) is 50.1 Å². The fourth-order valence-corrected chi connectivity index (χ4v) is 7.69. The van der Waals surface area contributed by atoms with Crippen LogP contribution in [0, 0.1) is 5.92 Å². The first-order valence-electron chi connectivity index (χ1n) is 15.6. The first kappa shape index (κ1) is 31.6. The third-order valence-corrected chi connectivity index (χ3v) is 10.2. The normalized spacial score (nSPS) is 24.3. The van der Waals surface area contributed by atoms with Crippen molar-refractivity contribution in [1.82, 2.24) is 25.4 Å². The predicted octanol–water partition coefficient (Wildman–Crippen LogP) is 3.42. The summed E-state index contributed by atoms with van der Waals surface area (Å²) in [5.41, 5.74) is 0.795. The number of methoxy groups -OCH3 is 1. The van der Waals surface area contributed by atoms with Crippen molar-refractivity contribution in [3.8, 4) is 5.75 Å². The van der Waals surface area contributed by atoms with Crippen LogP contribution in [-0.4, -0.2) is 97.0 Å². The van der Waals surface area contributed by atoms with Gasteiger partial charge in [0, 0.05) is 37.7 Å². The van der Waals surface area contributed by atoms with Gasteiger partial charge in [0.05, 0.1) is 30.9 Å². The molecule has 1 aromatic carbocycles. The van der Waals surface area contributed by atoms with Crippen molar-refractivity contribution in [2.45, 2.75) is 82.6 Å². The molecule has 2 saturated heterocycles. The molecule has 2 N–H and O–H groups in total. The molecule has 3 heterocycles. The standard InChI is InChI=1S/C32H45N5O5S/c1-5-42-23-15-22-16-37(32(40)28(21-11-7-6-8-12-21)35-30(39)20(2)33-3)26(18-36(22)17-23)31-34-25(19-43-31)29(38)24-13-9-10-14-27(24)41-4/h9-10,13-14,19-23,26,28,33H,5-8,11-12,15-18H2,1-4H3,(H,35,39)/t20-,22+,23+,26-,28-/m0/s1. The summed E-state index contributed by atoms with van der Waals surface area (Å²) in [5, 5.41) is 8.64. The predicted molar refractivity (Wildman–Crippen MR) is 165 cm³/mol. The first-order valence-corrected chi connectivity index (χ1v) is 16.5. The number of amides is 2. The number of thiazole rings is 1. The molecule has 0 unspecified atom stereocenters. The molecule has 0 radical (unpaired) electrons. The van der Waals surface area contributed by atoms with E-state index in [2.05, 4.69) is 15.5 Å². The van der Waals surface area contributed by atoms with Crippen molar-refractivity contribution >= 4 is 28.9 Å². The van der Waals surface area contributed by atoms with E-state index in [1.54, 1.807) is 31.7 Å². The molecule has 2 aliphatic heterocycles. The van der Waals surface area contributed by atoms with Gasteiger partial charge >= 0.3 is 0 Å². The highest BCUT2D eigenvalue weighted by atomic mass is 32.1. The number of aromatic nitrogens is 1. The Morgan fingerprint density at radius 1 is 1.12 bits per heavy atom. The van der Waals surface area contributed by atoms with Gasteiger partial charge in [0.25, 0.3) is 0 Å². The van der Waals surface area contributed by atoms with Gasteiger partial charge in [-0.05, 0) is 58.2 Å². The number of rotatable bonds is 11. The second kappa shape index (κ2) is 14.3. The van der Waals surface area contributed by atoms with Gasteiger partial charge in [-0.25, -0.2) is 4.98 Å². The molecule has 0 spiro atoms. The smallest absolute Gasteiger partial charge is 0.246 e. The van der Waals surface area contributed by atoms with E-state index in [1.807, 2.05) is 30.9 Å². The van der Waals surface area contributed by atoms with Crippen LogP contribution in [0.25, 0.3) is 0 Å². The molecule has 234 valence electrons. The number of piperazine rings is 1. The van der Waals surface area contributed by atoms with Crippen LogP contribution in [0.2, 0.25) is 0 Å². The molecule has 1 saturated carbocycles. The fraction of sp³-hybridized carbons (Fsp3) is 0.625. The van der Waals surface area contributed by atoms with Crippen LogP contribution in [-0.2, 0) is 14.3 Å². The lowest BCUT2D eigenvalue weighted by molar-refractivity contribution is -0.144. The monoisotopic (exact) mass is 611 g/mol. The highest BCUT2D eigenvalue weighted by molar-refractivity contribution is 7.10. The van der Waals surface area contributed by atoms with E-state index in [9.17, 15) is 14.4 Å². The number of ketones is 1. The van der Waals surface area contributed by atoms with Gasteiger partial charge in [-0.2, -0.15) is 0 Å². The average molecular weight is 612 g/mol. The van der Waals surface area contributed by atoms with E-state index in [-0.39, 0.29) is 41.7 Å². The van der Waals surface area contributed by atoms with E-state index in [4.69, 9.17) is 14.5 Å². The highest BCUT2D eigenvalue weighted by Gasteiger charge is 2.46. The maximum Gasteiger partial charge on any atom is 0.246 e. The zero-order chi connectivity index (χ0) is 30.5. The van der Waals surface area contributed by atoms with Gasteiger partial charge in [-0.3, -0.25) is 19.3 Å². The topological polar surface area (TPSA) is 113 Å². The number of ether oxygens (including phenoxy) is 2. The summed E-state index contributed by atoms with van der Waals surface area (Å²) in [6.07, 6.45) is 6.08. The minimum absolute atomic E-state index is 0.0548. The Kier molecular flexibility index (Phi) is 10.5. The van der Waals surface area contributed by atoms with Gasteiger partial charge in [0.15, 0.2) is 0 Å². The largest absolute Gasteiger partial charge is 0.496 e. The number of carbonyl (C=O) groups excluding carboxylic acids is 3. The van der Waals surface area contributed by atoms with Gasteiger partial charge in [0.1, 0.15) is 22.5 Å². The molecule has 2 amide bonds. The number of nitrogens with one attached hydrogen (secondary N) is 2. The summed E-state index contributed by atoms with van der Waals surface area (Å²) in [4.78, 5) is 50.3. The Morgan fingerprint density at radius 3 is 2.60 bits per heavy atom. The van der Waals surface area contributed by atoms with E-state index >= 15 is 0 Å². The van der Waals surface area contributed by atoms with Crippen molar-refractivity contribution in [2.75, 3.05) is 40.4 Å². The first-order chi connectivity index (χ1) is 20.8. The molecule has 5 atom stereocenters. The number of fused-ring (bicyclic) bond motifs is 1. The Morgan fingerprint density at radius 2 is 1.88 bits per heavy atom. The quantitative estimate of drug-likeness (QED) is 0.372. The van der Waals surface area contributed by atoms with Gasteiger partial charge in [-0.15, -0.1) is 11.3 Å². The average Bonchev–Trinajstić information content (AvgIpc) is 3.69. The van der Waals surface area contributed by atoms with Crippen molar-refractivity contribution in [3.63, 3.8) is 0 Å². The van der Waals surface area contributed by atoms with Crippen molar-refractivity contribution < 1.29 is 23.9 Å². The molecule has 5 rings (SSSR count). The van der Waals surface area contributed by atoms with Crippen molar-refractivity contribution in [2.24, 2.45) is 5.92 Å². The third-order valence-electron chi connectivity index (χ3n) is 9.27. The fourth-order valence-electron chi connectivity index (χ4n) is 6.79. The minimum Gasteiger partial charge on any atom is -0.496 e. The molecule has 0 bridgehead atoms. The Labute approximate surface area is 258 Å². The lowest BCUT2D eigenvalue weighted by Gasteiger charge is -2.45. The van der Waals surface area contributed by atoms with Crippen molar-refractivity contribution in [1.29, 1.82) is 0 Å². The minimum atomic E-state index is -0.601. The molecule has 11 heteroatoms. The lowest BCUT2D eigenvalue weighted by atomic mass is 9.82. The Balaban J connectivity index is 1.46. The zero-order valence-electron chi connectivity index (χ0n) is 25.7. The number of likely N-dealkylation sites (N-methyl/N-ethyl adjacent to an activating group) is 1. The summed E-state index contributed by atoms with van der Waals surface area (Å²) in [5.74, 6) is 0.156. The summed E-state index contributed by atoms with van der Waals surface area (Å²) in [7, 11) is 3.29. The Hall–Kier alpha value is -2.86.